The van der Waals surface area contributed by atoms with Gasteiger partial charge in [0.25, 0.3) is 0 Å². The molecule has 5 nitrogen and oxygen atoms in total. The fourth-order valence-electron chi connectivity index (χ4n) is 1.41. The van der Waals surface area contributed by atoms with Crippen LogP contribution in [0.5, 0.6) is 0 Å². The Morgan fingerprint density at radius 2 is 2.29 bits per heavy atom. The van der Waals surface area contributed by atoms with Crippen LogP contribution < -0.4 is 5.32 Å². The highest BCUT2D eigenvalue weighted by Crippen LogP contribution is 2.27. The number of ether oxygens (including phenoxy) is 1. The lowest BCUT2D eigenvalue weighted by Crippen LogP contribution is -2.03. The third-order valence-electron chi connectivity index (χ3n) is 2.18. The molecule has 0 saturated carbocycles. The molecular weight excluding hydrogens is 286 g/mol. The number of furan rings is 1. The molecule has 6 heteroatoms. The second-order valence-electron chi connectivity index (χ2n) is 3.32. The summed E-state index contributed by atoms with van der Waals surface area (Å²) in [5, 5.41) is 3.00. The standard InChI is InChI=1S/C11H12BrN3O2/c1-13-11-9(12)7(6-16-2)14-10(15-11)8-4-3-5-17-8/h3-5H,6H2,1-2H3,(H,13,14,15). The van der Waals surface area contributed by atoms with Gasteiger partial charge in [0.2, 0.25) is 0 Å². The number of nitrogens with one attached hydrogen (secondary N) is 1. The van der Waals surface area contributed by atoms with E-state index in [-0.39, 0.29) is 0 Å². The second-order valence-corrected chi connectivity index (χ2v) is 4.11. The number of hydrogen-bond donors (Lipinski definition) is 1. The maximum absolute atomic E-state index is 5.28. The zero-order chi connectivity index (χ0) is 12.3. The number of anilines is 1. The van der Waals surface area contributed by atoms with Crippen LogP contribution in [-0.2, 0) is 11.3 Å². The Balaban J connectivity index is 2.50. The van der Waals surface area contributed by atoms with Crippen molar-refractivity contribution in [2.24, 2.45) is 0 Å². The molecule has 0 bridgehead atoms. The molecule has 2 aromatic rings. The summed E-state index contributed by atoms with van der Waals surface area (Å²) in [5.41, 5.74) is 0.776. The molecule has 0 saturated heterocycles. The molecule has 0 aromatic carbocycles. The number of rotatable bonds is 4. The van der Waals surface area contributed by atoms with E-state index in [1.807, 2.05) is 6.07 Å². The van der Waals surface area contributed by atoms with E-state index in [1.54, 1.807) is 26.5 Å². The average Bonchev–Trinajstić information content (AvgIpc) is 2.85. The van der Waals surface area contributed by atoms with Crippen LogP contribution in [0.15, 0.2) is 27.3 Å². The van der Waals surface area contributed by atoms with E-state index in [4.69, 9.17) is 9.15 Å². The lowest BCUT2D eigenvalue weighted by molar-refractivity contribution is 0.181. The summed E-state index contributed by atoms with van der Waals surface area (Å²) in [6.07, 6.45) is 1.59. The summed E-state index contributed by atoms with van der Waals surface area (Å²) < 4.78 is 11.2. The smallest absolute Gasteiger partial charge is 0.198 e. The van der Waals surface area contributed by atoms with Crippen molar-refractivity contribution in [3.05, 3.63) is 28.6 Å². The normalized spacial score (nSPS) is 10.5. The number of methoxy groups -OCH3 is 1. The fraction of sp³-hybridized carbons (Fsp3) is 0.273. The summed E-state index contributed by atoms with van der Waals surface area (Å²) in [5.74, 6) is 1.87. The van der Waals surface area contributed by atoms with Gasteiger partial charge in [-0.05, 0) is 28.1 Å². The van der Waals surface area contributed by atoms with E-state index in [1.165, 1.54) is 0 Å². The molecule has 1 N–H and O–H groups in total. The Morgan fingerprint density at radius 3 is 2.88 bits per heavy atom. The van der Waals surface area contributed by atoms with Gasteiger partial charge in [0.1, 0.15) is 5.82 Å². The molecule has 2 heterocycles. The van der Waals surface area contributed by atoms with E-state index >= 15 is 0 Å². The molecule has 0 spiro atoms. The molecule has 0 aliphatic carbocycles. The quantitative estimate of drug-likeness (QED) is 0.940. The number of hydrogen-bond acceptors (Lipinski definition) is 5. The lowest BCUT2D eigenvalue weighted by atomic mass is 10.3. The van der Waals surface area contributed by atoms with Crippen molar-refractivity contribution in [3.8, 4) is 11.6 Å². The van der Waals surface area contributed by atoms with Gasteiger partial charge in [0.15, 0.2) is 11.6 Å². The van der Waals surface area contributed by atoms with Gasteiger partial charge in [0.05, 0.1) is 23.0 Å². The van der Waals surface area contributed by atoms with Crippen molar-refractivity contribution in [2.45, 2.75) is 6.61 Å². The van der Waals surface area contributed by atoms with Crippen molar-refractivity contribution in [2.75, 3.05) is 19.5 Å². The number of aromatic nitrogens is 2. The first-order valence-electron chi connectivity index (χ1n) is 5.03. The molecule has 0 atom stereocenters. The molecule has 17 heavy (non-hydrogen) atoms. The first-order chi connectivity index (χ1) is 8.26. The van der Waals surface area contributed by atoms with Crippen LogP contribution in [0.4, 0.5) is 5.82 Å². The third kappa shape index (κ3) is 2.48. The first-order valence-corrected chi connectivity index (χ1v) is 5.82. The zero-order valence-corrected chi connectivity index (χ0v) is 11.1. The molecule has 0 fully saturated rings. The van der Waals surface area contributed by atoms with Crippen LogP contribution in [0.3, 0.4) is 0 Å². The van der Waals surface area contributed by atoms with E-state index in [0.717, 1.165) is 10.2 Å². The molecule has 90 valence electrons. The zero-order valence-electron chi connectivity index (χ0n) is 9.53. The minimum Gasteiger partial charge on any atom is -0.461 e. The largest absolute Gasteiger partial charge is 0.461 e. The van der Waals surface area contributed by atoms with Gasteiger partial charge in [-0.3, -0.25) is 0 Å². The van der Waals surface area contributed by atoms with Crippen molar-refractivity contribution in [1.29, 1.82) is 0 Å². The minimum atomic E-state index is 0.408. The van der Waals surface area contributed by atoms with Gasteiger partial charge in [-0.15, -0.1) is 0 Å². The Kier molecular flexibility index (Phi) is 3.75. The van der Waals surface area contributed by atoms with Crippen LogP contribution >= 0.6 is 15.9 Å². The Bertz CT molecular complexity index is 500. The van der Waals surface area contributed by atoms with E-state index in [9.17, 15) is 0 Å². The van der Waals surface area contributed by atoms with Gasteiger partial charge in [-0.2, -0.15) is 0 Å². The van der Waals surface area contributed by atoms with Crippen LogP contribution in [0, 0.1) is 0 Å². The lowest BCUT2D eigenvalue weighted by Gasteiger charge is -2.09. The van der Waals surface area contributed by atoms with Crippen LogP contribution in [-0.4, -0.2) is 24.1 Å². The predicted molar refractivity (Wildman–Crippen MR) is 67.7 cm³/mol. The highest BCUT2D eigenvalue weighted by Gasteiger charge is 2.13. The number of halogens is 1. The molecule has 0 radical (unpaired) electrons. The van der Waals surface area contributed by atoms with E-state index < -0.39 is 0 Å². The van der Waals surface area contributed by atoms with Gasteiger partial charge in [-0.1, -0.05) is 0 Å². The maximum Gasteiger partial charge on any atom is 0.198 e. The highest BCUT2D eigenvalue weighted by atomic mass is 79.9. The van der Waals surface area contributed by atoms with Crippen molar-refractivity contribution in [1.82, 2.24) is 9.97 Å². The molecule has 2 rings (SSSR count). The summed E-state index contributed by atoms with van der Waals surface area (Å²) in [6, 6.07) is 3.62. The van der Waals surface area contributed by atoms with Gasteiger partial charge in [0, 0.05) is 14.2 Å². The molecule has 0 amide bonds. The molecular formula is C11H12BrN3O2. The summed E-state index contributed by atoms with van der Waals surface area (Å²) in [7, 11) is 3.43. The Labute approximate surface area is 107 Å². The summed E-state index contributed by atoms with van der Waals surface area (Å²) in [4.78, 5) is 8.75. The summed E-state index contributed by atoms with van der Waals surface area (Å²) in [6.45, 7) is 0.408. The molecule has 0 unspecified atom stereocenters. The van der Waals surface area contributed by atoms with Crippen LogP contribution in [0.2, 0.25) is 0 Å². The highest BCUT2D eigenvalue weighted by molar-refractivity contribution is 9.10. The Hall–Kier alpha value is -1.40. The predicted octanol–water partition coefficient (Wildman–Crippen LogP) is 2.69. The van der Waals surface area contributed by atoms with Crippen LogP contribution in [0.25, 0.3) is 11.6 Å². The van der Waals surface area contributed by atoms with E-state index in [0.29, 0.717) is 24.0 Å². The van der Waals surface area contributed by atoms with Crippen molar-refractivity contribution >= 4 is 21.7 Å². The minimum absolute atomic E-state index is 0.408. The van der Waals surface area contributed by atoms with Gasteiger partial charge in [-0.25, -0.2) is 9.97 Å². The van der Waals surface area contributed by atoms with Crippen LogP contribution in [0.1, 0.15) is 5.69 Å². The Morgan fingerprint density at radius 1 is 1.47 bits per heavy atom. The molecule has 0 aliphatic rings. The monoisotopic (exact) mass is 297 g/mol. The average molecular weight is 298 g/mol. The molecule has 2 aromatic heterocycles. The third-order valence-corrected chi connectivity index (χ3v) is 3.01. The van der Waals surface area contributed by atoms with Gasteiger partial charge < -0.3 is 14.5 Å². The second kappa shape index (κ2) is 5.29. The fourth-order valence-corrected chi connectivity index (χ4v) is 1.90. The topological polar surface area (TPSA) is 60.2 Å². The van der Waals surface area contributed by atoms with Crippen molar-refractivity contribution in [3.63, 3.8) is 0 Å². The summed E-state index contributed by atoms with van der Waals surface area (Å²) >= 11 is 3.44. The maximum atomic E-state index is 5.28. The SMILES string of the molecule is CNc1nc(-c2ccco2)nc(COC)c1Br. The van der Waals surface area contributed by atoms with E-state index in [2.05, 4.69) is 31.2 Å². The van der Waals surface area contributed by atoms with Crippen molar-refractivity contribution < 1.29 is 9.15 Å². The number of nitrogens with zero attached hydrogens (tertiary/aromatic N) is 2. The molecule has 0 aliphatic heterocycles. The van der Waals surface area contributed by atoms with Gasteiger partial charge >= 0.3 is 0 Å². The first kappa shape index (κ1) is 12.1.